The first-order chi connectivity index (χ1) is 14.2. The molecule has 8 heteroatoms. The number of nitrogens with two attached hydrogens (primary N) is 1. The molecule has 0 saturated heterocycles. The number of nitrogens with zero attached hydrogens (tertiary/aromatic N) is 5. The summed E-state index contributed by atoms with van der Waals surface area (Å²) < 4.78 is 3.64. The molecule has 1 saturated carbocycles. The highest BCUT2D eigenvalue weighted by Crippen LogP contribution is 2.26. The van der Waals surface area contributed by atoms with E-state index in [0.717, 1.165) is 54.2 Å². The molecule has 0 atom stereocenters. The van der Waals surface area contributed by atoms with E-state index >= 15 is 0 Å². The number of fused-ring (bicyclic) bond motifs is 1. The fourth-order valence-electron chi connectivity index (χ4n) is 3.83. The molecule has 0 unspecified atom stereocenters. The monoisotopic (exact) mass is 388 g/mol. The van der Waals surface area contributed by atoms with Crippen LogP contribution in [0.1, 0.15) is 25.7 Å². The highest BCUT2D eigenvalue weighted by atomic mass is 15.3. The second-order valence-electron chi connectivity index (χ2n) is 7.52. The van der Waals surface area contributed by atoms with Crippen molar-refractivity contribution in [1.29, 1.82) is 0 Å². The highest BCUT2D eigenvalue weighted by molar-refractivity contribution is 5.76. The van der Waals surface area contributed by atoms with E-state index < -0.39 is 0 Å². The molecular formula is C21H24N8. The van der Waals surface area contributed by atoms with Crippen LogP contribution in [0.5, 0.6) is 0 Å². The molecule has 1 aliphatic carbocycles. The van der Waals surface area contributed by atoms with Gasteiger partial charge in [0.1, 0.15) is 5.82 Å². The lowest BCUT2D eigenvalue weighted by Gasteiger charge is -2.27. The molecular weight excluding hydrogens is 364 g/mol. The Balaban J connectivity index is 1.38. The molecule has 8 nitrogen and oxygen atoms in total. The van der Waals surface area contributed by atoms with E-state index in [1.54, 1.807) is 16.9 Å². The van der Waals surface area contributed by atoms with Crippen LogP contribution in [-0.2, 0) is 0 Å². The van der Waals surface area contributed by atoms with Crippen LogP contribution in [0.3, 0.4) is 0 Å². The maximum atomic E-state index is 6.03. The Kier molecular flexibility index (Phi) is 4.61. The van der Waals surface area contributed by atoms with Crippen molar-refractivity contribution >= 4 is 22.8 Å². The van der Waals surface area contributed by atoms with E-state index in [1.807, 2.05) is 53.5 Å². The van der Waals surface area contributed by atoms with Crippen molar-refractivity contribution in [2.75, 3.05) is 10.6 Å². The van der Waals surface area contributed by atoms with Gasteiger partial charge >= 0.3 is 0 Å². The lowest BCUT2D eigenvalue weighted by atomic mass is 9.92. The molecule has 0 bridgehead atoms. The minimum absolute atomic E-state index is 0.332. The van der Waals surface area contributed by atoms with Gasteiger partial charge in [0.2, 0.25) is 0 Å². The first-order valence-corrected chi connectivity index (χ1v) is 9.98. The van der Waals surface area contributed by atoms with Crippen molar-refractivity contribution in [3.05, 3.63) is 61.2 Å². The summed E-state index contributed by atoms with van der Waals surface area (Å²) in [7, 11) is 0. The Morgan fingerprint density at radius 2 is 1.83 bits per heavy atom. The van der Waals surface area contributed by atoms with Crippen molar-refractivity contribution in [1.82, 2.24) is 24.4 Å². The standard InChI is InChI=1S/C21H24N8/c22-15-2-4-17(5-3-15)26-20-14-19(21-23-11-13-29(21)27-20)25-16-6-8-18(9-7-16)28-12-1-10-24-28/h1,6-15,17,25H,2-5,22H2,(H,26,27)/t15-,17+. The van der Waals surface area contributed by atoms with Crippen molar-refractivity contribution in [2.24, 2.45) is 5.73 Å². The number of hydrogen-bond acceptors (Lipinski definition) is 6. The maximum Gasteiger partial charge on any atom is 0.177 e. The first-order valence-electron chi connectivity index (χ1n) is 9.98. The topological polar surface area (TPSA) is 98.1 Å². The van der Waals surface area contributed by atoms with Gasteiger partial charge in [-0.2, -0.15) is 5.10 Å². The van der Waals surface area contributed by atoms with E-state index in [2.05, 4.69) is 25.8 Å². The number of hydrogen-bond donors (Lipinski definition) is 3. The molecule has 0 spiro atoms. The first kappa shape index (κ1) is 17.7. The number of nitrogens with one attached hydrogen (secondary N) is 2. The van der Waals surface area contributed by atoms with Gasteiger partial charge in [-0.15, -0.1) is 5.10 Å². The largest absolute Gasteiger partial charge is 0.366 e. The highest BCUT2D eigenvalue weighted by Gasteiger charge is 2.19. The van der Waals surface area contributed by atoms with Gasteiger partial charge in [0, 0.05) is 48.6 Å². The quantitative estimate of drug-likeness (QED) is 0.485. The minimum atomic E-state index is 0.332. The van der Waals surface area contributed by atoms with Crippen LogP contribution in [0.4, 0.5) is 17.2 Å². The zero-order chi connectivity index (χ0) is 19.6. The van der Waals surface area contributed by atoms with Crippen LogP contribution < -0.4 is 16.4 Å². The average molecular weight is 388 g/mol. The number of imidazole rings is 1. The summed E-state index contributed by atoms with van der Waals surface area (Å²) in [6, 6.07) is 12.8. The van der Waals surface area contributed by atoms with E-state index in [9.17, 15) is 0 Å². The normalized spacial score (nSPS) is 19.3. The minimum Gasteiger partial charge on any atom is -0.366 e. The zero-order valence-electron chi connectivity index (χ0n) is 16.1. The number of benzene rings is 1. The predicted octanol–water partition coefficient (Wildman–Crippen LogP) is 3.34. The van der Waals surface area contributed by atoms with Gasteiger partial charge in [0.05, 0.1) is 11.4 Å². The van der Waals surface area contributed by atoms with E-state index in [0.29, 0.717) is 12.1 Å². The number of rotatable bonds is 5. The Labute approximate surface area is 168 Å². The molecule has 1 aromatic carbocycles. The van der Waals surface area contributed by atoms with Crippen LogP contribution in [0.15, 0.2) is 61.2 Å². The summed E-state index contributed by atoms with van der Waals surface area (Å²) in [4.78, 5) is 4.45. The fourth-order valence-corrected chi connectivity index (χ4v) is 3.83. The Morgan fingerprint density at radius 3 is 2.59 bits per heavy atom. The number of aromatic nitrogens is 5. The third-order valence-corrected chi connectivity index (χ3v) is 5.40. The van der Waals surface area contributed by atoms with E-state index in [4.69, 9.17) is 5.73 Å². The summed E-state index contributed by atoms with van der Waals surface area (Å²) in [5, 5.41) is 16.0. The number of anilines is 3. The Hall–Kier alpha value is -3.39. The molecule has 5 rings (SSSR count). The molecule has 3 aromatic heterocycles. The van der Waals surface area contributed by atoms with Crippen molar-refractivity contribution in [3.8, 4) is 5.69 Å². The molecule has 0 radical (unpaired) electrons. The molecule has 0 amide bonds. The molecule has 4 N–H and O–H groups in total. The molecule has 148 valence electrons. The van der Waals surface area contributed by atoms with E-state index in [1.165, 1.54) is 0 Å². The third kappa shape index (κ3) is 3.79. The van der Waals surface area contributed by atoms with Crippen LogP contribution in [0, 0.1) is 0 Å². The summed E-state index contributed by atoms with van der Waals surface area (Å²) in [6.45, 7) is 0. The van der Waals surface area contributed by atoms with Crippen LogP contribution in [0.25, 0.3) is 11.3 Å². The van der Waals surface area contributed by atoms with Gasteiger partial charge in [-0.3, -0.25) is 0 Å². The van der Waals surface area contributed by atoms with Gasteiger partial charge in [-0.25, -0.2) is 14.2 Å². The van der Waals surface area contributed by atoms with Gasteiger partial charge in [0.15, 0.2) is 5.65 Å². The molecule has 1 fully saturated rings. The van der Waals surface area contributed by atoms with E-state index in [-0.39, 0.29) is 0 Å². The second-order valence-corrected chi connectivity index (χ2v) is 7.52. The van der Waals surface area contributed by atoms with Gasteiger partial charge in [-0.05, 0) is 56.0 Å². The predicted molar refractivity (Wildman–Crippen MR) is 114 cm³/mol. The second kappa shape index (κ2) is 7.56. The Bertz CT molecular complexity index is 1080. The van der Waals surface area contributed by atoms with Crippen molar-refractivity contribution in [3.63, 3.8) is 0 Å². The van der Waals surface area contributed by atoms with Crippen LogP contribution in [0.2, 0.25) is 0 Å². The molecule has 1 aliphatic rings. The van der Waals surface area contributed by atoms with Gasteiger partial charge < -0.3 is 16.4 Å². The zero-order valence-corrected chi connectivity index (χ0v) is 16.1. The lowest BCUT2D eigenvalue weighted by molar-refractivity contribution is 0.410. The summed E-state index contributed by atoms with van der Waals surface area (Å²) in [6.07, 6.45) is 11.6. The summed E-state index contributed by atoms with van der Waals surface area (Å²) in [5.41, 5.74) is 9.72. The van der Waals surface area contributed by atoms with Crippen molar-refractivity contribution < 1.29 is 0 Å². The van der Waals surface area contributed by atoms with Gasteiger partial charge in [0.25, 0.3) is 0 Å². The Morgan fingerprint density at radius 1 is 1.00 bits per heavy atom. The van der Waals surface area contributed by atoms with Gasteiger partial charge in [-0.1, -0.05) is 0 Å². The molecule has 29 heavy (non-hydrogen) atoms. The molecule has 0 aliphatic heterocycles. The smallest absolute Gasteiger partial charge is 0.177 e. The van der Waals surface area contributed by atoms with Crippen LogP contribution in [-0.4, -0.2) is 36.5 Å². The third-order valence-electron chi connectivity index (χ3n) is 5.40. The van der Waals surface area contributed by atoms with Crippen molar-refractivity contribution in [2.45, 2.75) is 37.8 Å². The molecule has 4 aromatic rings. The fraction of sp³-hybridized carbons (Fsp3) is 0.286. The maximum absolute atomic E-state index is 6.03. The lowest BCUT2D eigenvalue weighted by Crippen LogP contribution is -2.33. The SMILES string of the molecule is N[C@H]1CC[C@@H](Nc2cc(Nc3ccc(-n4cccn4)cc3)c3nccn3n2)CC1. The summed E-state index contributed by atoms with van der Waals surface area (Å²) in [5.74, 6) is 0.839. The molecule has 3 heterocycles. The van der Waals surface area contributed by atoms with Crippen LogP contribution >= 0.6 is 0 Å². The average Bonchev–Trinajstić information content (AvgIpc) is 3.42. The summed E-state index contributed by atoms with van der Waals surface area (Å²) >= 11 is 0.